The number of pyridine rings is 2. The molecule has 194 valence electrons. The predicted molar refractivity (Wildman–Crippen MR) is 156 cm³/mol. The van der Waals surface area contributed by atoms with Crippen LogP contribution in [0.25, 0.3) is 54.9 Å². The quantitative estimate of drug-likeness (QED) is 0.178. The molecule has 5 heterocycles. The van der Waals surface area contributed by atoms with E-state index in [0.717, 1.165) is 67.7 Å². The van der Waals surface area contributed by atoms with E-state index in [1.54, 1.807) is 25.5 Å². The van der Waals surface area contributed by atoms with Gasteiger partial charge in [-0.05, 0) is 61.4 Å². The molecule has 1 amide bonds. The number of thiophene rings is 1. The van der Waals surface area contributed by atoms with E-state index >= 15 is 0 Å². The molecule has 5 aromatic heterocycles. The van der Waals surface area contributed by atoms with Gasteiger partial charge in [0.1, 0.15) is 5.69 Å². The smallest absolute Gasteiger partial charge is 0.224 e. The minimum Gasteiger partial charge on any atom is -0.353 e. The lowest BCUT2D eigenvalue weighted by molar-refractivity contribution is -0.116. The molecule has 1 aromatic carbocycles. The Morgan fingerprint density at radius 1 is 0.949 bits per heavy atom. The number of aromatic amines is 2. The molecule has 0 aliphatic carbocycles. The predicted octanol–water partition coefficient (Wildman–Crippen LogP) is 7.23. The number of Topliss-reactive ketones (excluding diaryl/α,β-unsaturated/α-hetero) is 1. The number of hydrogen-bond donors (Lipinski definition) is 3. The molecule has 0 saturated carbocycles. The Bertz CT molecular complexity index is 1850. The molecule has 0 saturated heterocycles. The fourth-order valence-electron chi connectivity index (χ4n) is 4.66. The molecule has 0 radical (unpaired) electrons. The topological polar surface area (TPSA) is 116 Å². The number of aromatic nitrogens is 5. The second-order valence-corrected chi connectivity index (χ2v) is 10.6. The van der Waals surface area contributed by atoms with Crippen LogP contribution < -0.4 is 5.32 Å². The third-order valence-electron chi connectivity index (χ3n) is 6.67. The summed E-state index contributed by atoms with van der Waals surface area (Å²) in [6.45, 7) is 3.64. The van der Waals surface area contributed by atoms with Crippen LogP contribution in [0, 0.1) is 0 Å². The Morgan fingerprint density at radius 3 is 2.64 bits per heavy atom. The average Bonchev–Trinajstić information content (AvgIpc) is 3.69. The van der Waals surface area contributed by atoms with Gasteiger partial charge < -0.3 is 10.3 Å². The molecule has 0 aliphatic heterocycles. The standard InChI is InChI=1S/C30H26N6O2S/c1-3-4-5-28(38)33-20-12-19(15-31-16-20)18-6-7-24-21(13-18)29(36-35-24)25-14-22-23(34-25)10-11-32-30(22)27-9-8-26(39-27)17(2)37/h6-16,34H,3-5H2,1-2H3,(H,33,38)(H,35,36). The number of anilines is 1. The van der Waals surface area contributed by atoms with Crippen LogP contribution in [0.3, 0.4) is 0 Å². The van der Waals surface area contributed by atoms with Crippen LogP contribution in [0.15, 0.2) is 67.1 Å². The van der Waals surface area contributed by atoms with Gasteiger partial charge in [-0.1, -0.05) is 19.4 Å². The zero-order chi connectivity index (χ0) is 26.9. The Labute approximate surface area is 228 Å². The van der Waals surface area contributed by atoms with Crippen molar-refractivity contribution in [2.24, 2.45) is 0 Å². The van der Waals surface area contributed by atoms with Crippen LogP contribution in [0.2, 0.25) is 0 Å². The van der Waals surface area contributed by atoms with Crippen molar-refractivity contribution in [3.8, 4) is 33.1 Å². The number of nitrogens with one attached hydrogen (secondary N) is 3. The van der Waals surface area contributed by atoms with Gasteiger partial charge in [-0.15, -0.1) is 11.3 Å². The summed E-state index contributed by atoms with van der Waals surface area (Å²) in [5, 5.41) is 12.6. The molecule has 8 nitrogen and oxygen atoms in total. The van der Waals surface area contributed by atoms with Crippen LogP contribution in [0.5, 0.6) is 0 Å². The molecule has 0 fully saturated rings. The van der Waals surface area contributed by atoms with Crippen LogP contribution in [0.4, 0.5) is 5.69 Å². The minimum absolute atomic E-state index is 0.00360. The first-order valence-corrected chi connectivity index (χ1v) is 13.6. The zero-order valence-corrected chi connectivity index (χ0v) is 22.4. The van der Waals surface area contributed by atoms with Crippen molar-refractivity contribution in [1.29, 1.82) is 0 Å². The molecule has 3 N–H and O–H groups in total. The van der Waals surface area contributed by atoms with Crippen molar-refractivity contribution >= 4 is 50.5 Å². The number of carbonyl (C=O) groups excluding carboxylic acids is 2. The molecular formula is C30H26N6O2S. The number of hydrogen-bond acceptors (Lipinski definition) is 6. The van der Waals surface area contributed by atoms with Crippen LogP contribution in [-0.4, -0.2) is 36.8 Å². The van der Waals surface area contributed by atoms with Crippen molar-refractivity contribution in [2.75, 3.05) is 5.32 Å². The van der Waals surface area contributed by atoms with Gasteiger partial charge in [0.2, 0.25) is 5.91 Å². The van der Waals surface area contributed by atoms with Crippen molar-refractivity contribution in [3.05, 3.63) is 72.0 Å². The van der Waals surface area contributed by atoms with Gasteiger partial charge in [0.15, 0.2) is 5.78 Å². The summed E-state index contributed by atoms with van der Waals surface area (Å²) in [5.41, 5.74) is 6.89. The fourth-order valence-corrected chi connectivity index (χ4v) is 5.57. The summed E-state index contributed by atoms with van der Waals surface area (Å²) in [6.07, 6.45) is 7.56. The summed E-state index contributed by atoms with van der Waals surface area (Å²) in [7, 11) is 0. The number of rotatable bonds is 8. The van der Waals surface area contributed by atoms with E-state index in [4.69, 9.17) is 0 Å². The first-order chi connectivity index (χ1) is 19.0. The average molecular weight is 535 g/mol. The van der Waals surface area contributed by atoms with Gasteiger partial charge in [0.05, 0.1) is 38.5 Å². The number of carbonyl (C=O) groups is 2. The Morgan fingerprint density at radius 2 is 1.82 bits per heavy atom. The number of benzene rings is 1. The molecule has 6 aromatic rings. The lowest BCUT2D eigenvalue weighted by Crippen LogP contribution is -2.11. The summed E-state index contributed by atoms with van der Waals surface area (Å²) < 4.78 is 0. The van der Waals surface area contributed by atoms with Gasteiger partial charge >= 0.3 is 0 Å². The van der Waals surface area contributed by atoms with Gasteiger partial charge in [-0.3, -0.25) is 24.7 Å². The van der Waals surface area contributed by atoms with Gasteiger partial charge in [0, 0.05) is 40.7 Å². The highest BCUT2D eigenvalue weighted by Crippen LogP contribution is 2.36. The maximum Gasteiger partial charge on any atom is 0.224 e. The molecule has 0 spiro atoms. The van der Waals surface area contributed by atoms with Crippen molar-refractivity contribution in [3.63, 3.8) is 0 Å². The molecule has 0 unspecified atom stereocenters. The molecule has 0 aliphatic rings. The van der Waals surface area contributed by atoms with E-state index in [1.807, 2.05) is 36.4 Å². The third kappa shape index (κ3) is 4.84. The number of unbranched alkanes of at least 4 members (excludes halogenated alkanes) is 1. The van der Waals surface area contributed by atoms with Crippen molar-refractivity contribution < 1.29 is 9.59 Å². The van der Waals surface area contributed by atoms with Crippen molar-refractivity contribution in [2.45, 2.75) is 33.1 Å². The number of nitrogens with zero attached hydrogens (tertiary/aromatic N) is 3. The number of ketones is 1. The Balaban J connectivity index is 1.36. The normalized spacial score (nSPS) is 11.3. The highest BCUT2D eigenvalue weighted by Gasteiger charge is 2.16. The van der Waals surface area contributed by atoms with Gasteiger partial charge in [0.25, 0.3) is 0 Å². The number of fused-ring (bicyclic) bond motifs is 2. The van der Waals surface area contributed by atoms with Crippen LogP contribution in [-0.2, 0) is 4.79 Å². The summed E-state index contributed by atoms with van der Waals surface area (Å²) in [4.78, 5) is 38.1. The summed E-state index contributed by atoms with van der Waals surface area (Å²) in [6, 6.07) is 15.8. The van der Waals surface area contributed by atoms with E-state index in [0.29, 0.717) is 17.0 Å². The van der Waals surface area contributed by atoms with Crippen molar-refractivity contribution in [1.82, 2.24) is 25.1 Å². The molecule has 0 bridgehead atoms. The first kappa shape index (κ1) is 24.7. The second-order valence-electron chi connectivity index (χ2n) is 9.47. The van der Waals surface area contributed by atoms with E-state index in [-0.39, 0.29) is 11.7 Å². The third-order valence-corrected chi connectivity index (χ3v) is 7.86. The molecule has 0 atom stereocenters. The fraction of sp³-hybridized carbons (Fsp3) is 0.167. The van der Waals surface area contributed by atoms with E-state index < -0.39 is 0 Å². The highest BCUT2D eigenvalue weighted by molar-refractivity contribution is 7.17. The number of amides is 1. The Hall–Kier alpha value is -4.63. The monoisotopic (exact) mass is 534 g/mol. The SMILES string of the molecule is CCCCC(=O)Nc1cncc(-c2ccc3[nH]nc(-c4cc5c(-c6ccc(C(C)=O)s6)nccc5[nH]4)c3c2)c1. The largest absolute Gasteiger partial charge is 0.353 e. The maximum atomic E-state index is 12.2. The lowest BCUT2D eigenvalue weighted by Gasteiger charge is -2.07. The van der Waals surface area contributed by atoms with E-state index in [2.05, 4.69) is 49.5 Å². The second kappa shape index (κ2) is 10.3. The molecular weight excluding hydrogens is 508 g/mol. The molecule has 9 heteroatoms. The summed E-state index contributed by atoms with van der Waals surface area (Å²) in [5.74, 6) is 0.0442. The highest BCUT2D eigenvalue weighted by atomic mass is 32.1. The Kier molecular flexibility index (Phi) is 6.50. The minimum atomic E-state index is -0.00360. The first-order valence-electron chi connectivity index (χ1n) is 12.8. The number of H-pyrrole nitrogens is 2. The van der Waals surface area contributed by atoms with Crippen LogP contribution in [0.1, 0.15) is 42.8 Å². The maximum absolute atomic E-state index is 12.2. The van der Waals surface area contributed by atoms with E-state index in [1.165, 1.54) is 11.3 Å². The van der Waals surface area contributed by atoms with Gasteiger partial charge in [-0.2, -0.15) is 5.10 Å². The van der Waals surface area contributed by atoms with Crippen LogP contribution >= 0.6 is 11.3 Å². The molecule has 39 heavy (non-hydrogen) atoms. The van der Waals surface area contributed by atoms with E-state index in [9.17, 15) is 9.59 Å². The zero-order valence-electron chi connectivity index (χ0n) is 21.5. The molecule has 6 rings (SSSR count). The van der Waals surface area contributed by atoms with Gasteiger partial charge in [-0.25, -0.2) is 0 Å². The lowest BCUT2D eigenvalue weighted by atomic mass is 10.0. The summed E-state index contributed by atoms with van der Waals surface area (Å²) >= 11 is 1.45.